The molecule has 144 heavy (non-hydrogen) atoms. The average Bonchev–Trinajstić information content (AvgIpc) is 1.58. The van der Waals surface area contributed by atoms with Crippen molar-refractivity contribution in [2.45, 2.75) is 120 Å². The first-order valence-corrected chi connectivity index (χ1v) is 49.4. The number of benzene rings is 4. The third-order valence-electron chi connectivity index (χ3n) is 28.6. The van der Waals surface area contributed by atoms with Crippen molar-refractivity contribution in [2.24, 2.45) is 5.41 Å². The number of likely N-dealkylation sites (N-methyl/N-ethyl adjacent to an activating group) is 2. The van der Waals surface area contributed by atoms with Gasteiger partial charge in [-0.1, -0.05) is 46.2 Å². The molecule has 0 radical (unpaired) electrons. The molecule has 1 spiro atoms. The number of fused-ring (bicyclic) bond motifs is 4. The van der Waals surface area contributed by atoms with E-state index in [4.69, 9.17) is 69.2 Å². The van der Waals surface area contributed by atoms with Gasteiger partial charge in [0.15, 0.2) is 11.5 Å². The number of aliphatic hydroxyl groups excluding tert-OH is 3. The van der Waals surface area contributed by atoms with E-state index < -0.39 is 0 Å². The molecule has 7 N–H and O–H groups in total. The Bertz CT molecular complexity index is 6390. The lowest BCUT2D eigenvalue weighted by molar-refractivity contribution is -0.000220. The Labute approximate surface area is 844 Å². The third kappa shape index (κ3) is 23.0. The van der Waals surface area contributed by atoms with E-state index in [1.807, 2.05) is 117 Å². The second-order valence-corrected chi connectivity index (χ2v) is 40.0. The molecular weight excluding hydrogens is 1850 g/mol. The van der Waals surface area contributed by atoms with Crippen LogP contribution < -0.4 is 64.4 Å². The van der Waals surface area contributed by atoms with E-state index in [0.717, 1.165) is 200 Å². The highest BCUT2D eigenvalue weighted by atomic mass is 35.5. The monoisotopic (exact) mass is 1980 g/mol. The Morgan fingerprint density at radius 1 is 0.424 bits per heavy atom. The number of rotatable bonds is 30. The predicted molar refractivity (Wildman–Crippen MR) is 554 cm³/mol. The molecule has 756 valence electrons. The summed E-state index contributed by atoms with van der Waals surface area (Å²) in [5.74, 6) is 4.76. The van der Waals surface area contributed by atoms with E-state index in [2.05, 4.69) is 146 Å². The molecule has 34 nitrogen and oxygen atoms in total. The van der Waals surface area contributed by atoms with Crippen LogP contribution in [0, 0.1) is 22.6 Å². The highest BCUT2D eigenvalue weighted by molar-refractivity contribution is 6.33. The number of morpholine rings is 2. The fourth-order valence-electron chi connectivity index (χ4n) is 19.6. The molecule has 36 heteroatoms. The molecule has 0 amide bonds. The zero-order chi connectivity index (χ0) is 101. The topological polar surface area (TPSA) is 387 Å². The maximum absolute atomic E-state index is 15.3. The molecule has 3 atom stereocenters. The van der Waals surface area contributed by atoms with Crippen LogP contribution in [0.3, 0.4) is 0 Å². The van der Waals surface area contributed by atoms with Gasteiger partial charge in [-0.05, 0) is 181 Å². The molecule has 0 bridgehead atoms. The SMILES string of the molecule is CN(C)CCOc1cc(N2CCOCC2)c(Cl)cc1Nc1nccc(-c2cnc3c(c2)C(C)(CO)CC3)n1.CN(C)CCOc1cc(N2CCOCC2)c(F)cc1Nc1nccc(-c2cnc3c(c2)C(C)(CO)CC3)n1.COc1cc(N2CC3(CCOCC3)C2)c(C#N)cc1Nc1nccc(-c2cnc3c(c2)C(C)(CO)CC3)n1.COc1cc(Nc2nccc(-c3cnc4c(c3)C(C)(C)CC4)n2)cc(OC)c1OC. The summed E-state index contributed by atoms with van der Waals surface area (Å²) in [7, 11) is 14.3. The van der Waals surface area contributed by atoms with Crippen LogP contribution in [0.1, 0.15) is 124 Å². The number of aliphatic hydroxyl groups is 3. The lowest BCUT2D eigenvalue weighted by atomic mass is 9.73. The number of hydrogen-bond donors (Lipinski definition) is 7. The first-order valence-electron chi connectivity index (χ1n) is 49.0. The van der Waals surface area contributed by atoms with Crippen LogP contribution in [0.2, 0.25) is 5.02 Å². The zero-order valence-corrected chi connectivity index (χ0v) is 84.9. The van der Waals surface area contributed by atoms with Crippen molar-refractivity contribution >= 4 is 75.2 Å². The highest BCUT2D eigenvalue weighted by Gasteiger charge is 2.46. The van der Waals surface area contributed by atoms with Crippen molar-refractivity contribution < 1.29 is 62.3 Å². The molecule has 0 saturated carbocycles. The van der Waals surface area contributed by atoms with Crippen LogP contribution in [-0.2, 0) is 61.6 Å². The van der Waals surface area contributed by atoms with Crippen LogP contribution >= 0.6 is 11.6 Å². The molecule has 4 saturated heterocycles. The Hall–Kier alpha value is -13.4. The van der Waals surface area contributed by atoms with Gasteiger partial charge in [0.05, 0.1) is 142 Å². The van der Waals surface area contributed by atoms with Crippen molar-refractivity contribution in [3.05, 3.63) is 208 Å². The maximum Gasteiger partial charge on any atom is 0.227 e. The lowest BCUT2D eigenvalue weighted by Gasteiger charge is -2.53. The second kappa shape index (κ2) is 44.8. The van der Waals surface area contributed by atoms with Crippen LogP contribution in [-0.4, -0.2) is 267 Å². The van der Waals surface area contributed by atoms with E-state index >= 15 is 4.39 Å². The summed E-state index contributed by atoms with van der Waals surface area (Å²) in [5.41, 5.74) is 20.4. The van der Waals surface area contributed by atoms with Crippen molar-refractivity contribution in [1.29, 1.82) is 5.26 Å². The Morgan fingerprint density at radius 2 is 0.799 bits per heavy atom. The van der Waals surface area contributed by atoms with Gasteiger partial charge in [-0.15, -0.1) is 0 Å². The molecule has 4 aromatic carbocycles. The van der Waals surface area contributed by atoms with Crippen LogP contribution in [0.15, 0.2) is 147 Å². The number of aromatic nitrogens is 12. The average molecular weight is 1980 g/mol. The summed E-state index contributed by atoms with van der Waals surface area (Å²) in [6, 6.07) is 32.6. The number of nitrogens with one attached hydrogen (secondary N) is 4. The van der Waals surface area contributed by atoms with Gasteiger partial charge in [0, 0.05) is 224 Å². The first kappa shape index (κ1) is 102. The summed E-state index contributed by atoms with van der Waals surface area (Å²) in [6.07, 6.45) is 23.7. The minimum Gasteiger partial charge on any atom is -0.494 e. The number of hydrogen-bond acceptors (Lipinski definition) is 34. The zero-order valence-electron chi connectivity index (χ0n) is 84.2. The Balaban J connectivity index is 0.000000132. The smallest absolute Gasteiger partial charge is 0.227 e. The molecule has 3 unspecified atom stereocenters. The van der Waals surface area contributed by atoms with E-state index in [-0.39, 0.29) is 47.3 Å². The molecule has 20 rings (SSSR count). The van der Waals surface area contributed by atoms with Crippen molar-refractivity contribution in [3.63, 3.8) is 0 Å². The molecule has 12 heterocycles. The fraction of sp³-hybridized carbons (Fsp3) is 0.435. The van der Waals surface area contributed by atoms with Crippen LogP contribution in [0.25, 0.3) is 45.0 Å². The number of methoxy groups -OCH3 is 4. The summed E-state index contributed by atoms with van der Waals surface area (Å²) in [4.78, 5) is 65.7. The van der Waals surface area contributed by atoms with Gasteiger partial charge in [-0.3, -0.25) is 19.9 Å². The van der Waals surface area contributed by atoms with Crippen molar-refractivity contribution in [2.75, 3.05) is 218 Å². The molecule has 12 aromatic rings. The minimum atomic E-state index is -0.350. The van der Waals surface area contributed by atoms with Crippen LogP contribution in [0.4, 0.5) is 68.0 Å². The standard InChI is InChI=1S/C29H32N6O3.C28H35ClN6O3.C28H35FN6O3.C23H26N4O3/c1-28(18-36)5-3-23-21(28)11-20(15-32-23)22-4-8-31-27(33-22)34-24-12-19(14-30)25(13-26(24)37-2)35-16-29(17-35)6-9-38-10-7-29;2*1-28(18-36)6-4-23-20(28)14-19(17-31-23)22-5-7-30-27(32-22)33-24-15-21(29)25(35-9-11-37-12-10-35)16-26(24)38-13-8-34(2)3;1-23(2)8-6-18-16(23)10-14(13-25-18)17-7-9-24-22(27-17)26-15-11-19(28-3)21(30-5)20(12-15)29-4/h4,8,11-13,15,36H,3,5-7,9-10,16-18H2,1-2H3,(H,31,33,34);2*5,7,14-17,36H,4,6,8-13,18H2,1-3H3,(H,30,32,33);7,9-13H,6,8H2,1-5H3,(H,24,26,27). The first-order chi connectivity index (χ1) is 69.6. The Morgan fingerprint density at radius 3 is 1.21 bits per heavy atom. The number of nitrogens with zero attached hydrogens (tertiary/aromatic N) is 18. The summed E-state index contributed by atoms with van der Waals surface area (Å²) in [6.45, 7) is 22.2. The summed E-state index contributed by atoms with van der Waals surface area (Å²) < 4.78 is 66.0. The van der Waals surface area contributed by atoms with Gasteiger partial charge < -0.3 is 104 Å². The van der Waals surface area contributed by atoms with E-state index in [0.29, 0.717) is 162 Å². The second-order valence-electron chi connectivity index (χ2n) is 39.6. The number of anilines is 11. The van der Waals surface area contributed by atoms with E-state index in [1.165, 1.54) is 17.3 Å². The predicted octanol–water partition coefficient (Wildman–Crippen LogP) is 15.8. The van der Waals surface area contributed by atoms with Crippen LogP contribution in [0.5, 0.6) is 34.5 Å². The summed E-state index contributed by atoms with van der Waals surface area (Å²) >= 11 is 6.75. The van der Waals surface area contributed by atoms with Gasteiger partial charge in [-0.2, -0.15) is 5.26 Å². The largest absolute Gasteiger partial charge is 0.494 e. The van der Waals surface area contributed by atoms with E-state index in [9.17, 15) is 20.6 Å². The van der Waals surface area contributed by atoms with Gasteiger partial charge in [0.25, 0.3) is 0 Å². The number of ether oxygens (including phenoxy) is 9. The highest BCUT2D eigenvalue weighted by Crippen LogP contribution is 2.50. The molecule has 8 aliphatic rings. The minimum absolute atomic E-state index is 0.0737. The molecule has 4 aliphatic carbocycles. The summed E-state index contributed by atoms with van der Waals surface area (Å²) in [5, 5.41) is 53.5. The number of pyridine rings is 4. The van der Waals surface area contributed by atoms with E-state index in [1.54, 1.807) is 65.5 Å². The lowest BCUT2D eigenvalue weighted by Crippen LogP contribution is -2.58. The molecule has 4 fully saturated rings. The van der Waals surface area contributed by atoms with Gasteiger partial charge in [0.1, 0.15) is 42.3 Å². The van der Waals surface area contributed by atoms with Gasteiger partial charge >= 0.3 is 0 Å². The molecule has 8 aromatic heterocycles. The van der Waals surface area contributed by atoms with Gasteiger partial charge in [-0.25, -0.2) is 44.3 Å². The quantitative estimate of drug-likeness (QED) is 0.0220. The fourth-order valence-corrected chi connectivity index (χ4v) is 19.9. The Kier molecular flexibility index (Phi) is 31.8. The molecular formula is C108H128ClFN22O12. The van der Waals surface area contributed by atoms with Crippen molar-refractivity contribution in [3.8, 4) is 85.6 Å². The third-order valence-corrected chi connectivity index (χ3v) is 28.9. The van der Waals surface area contributed by atoms with Gasteiger partial charge in [0.2, 0.25) is 29.5 Å². The number of nitriles is 1. The normalized spacial score (nSPS) is 18.7. The number of aryl methyl sites for hydroxylation is 4. The van der Waals surface area contributed by atoms with Crippen molar-refractivity contribution in [1.82, 2.24) is 69.6 Å². The molecule has 4 aliphatic heterocycles. The number of halogens is 2. The maximum atomic E-state index is 15.3.